The fourth-order valence-electron chi connectivity index (χ4n) is 1.13. The van der Waals surface area contributed by atoms with E-state index < -0.39 is 9.84 Å². The first-order valence-corrected chi connectivity index (χ1v) is 5.87. The third-order valence-electron chi connectivity index (χ3n) is 1.78. The number of hydrogen-bond donors (Lipinski definition) is 1. The van der Waals surface area contributed by atoms with E-state index in [1.165, 1.54) is 18.2 Å². The van der Waals surface area contributed by atoms with Crippen LogP contribution >= 0.6 is 0 Å². The van der Waals surface area contributed by atoms with E-state index in [1.54, 1.807) is 0 Å². The molecule has 0 fully saturated rings. The van der Waals surface area contributed by atoms with Crippen molar-refractivity contribution in [2.24, 2.45) is 0 Å². The minimum absolute atomic E-state index is 0.0507. The smallest absolute Gasteiger partial charge is 0.357 e. The van der Waals surface area contributed by atoms with Crippen LogP contribution in [0.1, 0.15) is 0 Å². The van der Waals surface area contributed by atoms with Crippen molar-refractivity contribution in [2.45, 2.75) is 4.90 Å². The lowest BCUT2D eigenvalue weighted by Gasteiger charge is -2.00. The molecule has 15 heavy (non-hydrogen) atoms. The van der Waals surface area contributed by atoms with Crippen molar-refractivity contribution in [2.75, 3.05) is 19.1 Å². The minimum Gasteiger partial charge on any atom is -0.393 e. The Kier molecular flexibility index (Phi) is 2.94. The molecule has 0 aliphatic carbocycles. The Bertz CT molecular complexity index is 495. The predicted octanol–water partition coefficient (Wildman–Crippen LogP) is 0.644. The summed E-state index contributed by atoms with van der Waals surface area (Å²) < 4.78 is 22.7. The van der Waals surface area contributed by atoms with Crippen molar-refractivity contribution in [1.82, 2.24) is 0 Å². The third kappa shape index (κ3) is 2.24. The van der Waals surface area contributed by atoms with E-state index in [-0.39, 0.29) is 21.2 Å². The zero-order chi connectivity index (χ0) is 11.6. The molecule has 1 aromatic rings. The number of nitrogens with two attached hydrogens (primary N) is 1. The second-order valence-corrected chi connectivity index (χ2v) is 4.89. The standard InChI is InChI=1S/C8H11N2O4S/c1-14-10(11)8-6(9)4-3-5-7(8)15(2,12)13/h3-5H,9H2,1-2H3/q+1. The van der Waals surface area contributed by atoms with E-state index in [0.717, 1.165) is 13.4 Å². The van der Waals surface area contributed by atoms with Gasteiger partial charge >= 0.3 is 5.69 Å². The highest BCUT2D eigenvalue weighted by molar-refractivity contribution is 7.90. The van der Waals surface area contributed by atoms with Crippen LogP contribution in [0.5, 0.6) is 0 Å². The third-order valence-corrected chi connectivity index (χ3v) is 2.91. The molecule has 0 radical (unpaired) electrons. The number of nitrogen functional groups attached to an aromatic ring is 1. The Morgan fingerprint density at radius 1 is 1.40 bits per heavy atom. The van der Waals surface area contributed by atoms with Gasteiger partial charge in [-0.25, -0.2) is 13.3 Å². The van der Waals surface area contributed by atoms with E-state index in [4.69, 9.17) is 5.73 Å². The molecule has 1 rings (SSSR count). The number of benzene rings is 1. The van der Waals surface area contributed by atoms with Crippen LogP contribution in [0, 0.1) is 4.91 Å². The van der Waals surface area contributed by atoms with Crippen molar-refractivity contribution < 1.29 is 18.2 Å². The quantitative estimate of drug-likeness (QED) is 0.609. The van der Waals surface area contributed by atoms with Gasteiger partial charge < -0.3 is 5.73 Å². The zero-order valence-electron chi connectivity index (χ0n) is 8.30. The molecule has 0 saturated heterocycles. The van der Waals surface area contributed by atoms with Crippen molar-refractivity contribution in [3.63, 3.8) is 0 Å². The topological polar surface area (TPSA) is 89.5 Å². The maximum atomic E-state index is 11.3. The Morgan fingerprint density at radius 2 is 2.00 bits per heavy atom. The molecule has 0 aliphatic heterocycles. The van der Waals surface area contributed by atoms with Gasteiger partial charge in [0, 0.05) is 6.26 Å². The highest BCUT2D eigenvalue weighted by atomic mass is 32.2. The van der Waals surface area contributed by atoms with Crippen LogP contribution in [0.4, 0.5) is 11.4 Å². The molecule has 2 N–H and O–H groups in total. The molecular weight excluding hydrogens is 220 g/mol. The number of nitrogens with zero attached hydrogens (tertiary/aromatic N) is 1. The van der Waals surface area contributed by atoms with E-state index in [9.17, 15) is 13.3 Å². The lowest BCUT2D eigenvalue weighted by atomic mass is 10.3. The molecule has 0 aliphatic rings. The van der Waals surface area contributed by atoms with E-state index in [2.05, 4.69) is 4.84 Å². The molecule has 0 saturated carbocycles. The summed E-state index contributed by atoms with van der Waals surface area (Å²) in [6.07, 6.45) is 0.995. The first kappa shape index (κ1) is 11.4. The van der Waals surface area contributed by atoms with E-state index >= 15 is 0 Å². The molecule has 0 atom stereocenters. The van der Waals surface area contributed by atoms with E-state index in [0.29, 0.717) is 0 Å². The van der Waals surface area contributed by atoms with Gasteiger partial charge in [0.1, 0.15) is 5.69 Å². The lowest BCUT2D eigenvalue weighted by molar-refractivity contribution is -0.737. The first-order chi connectivity index (χ1) is 6.88. The number of sulfone groups is 1. The summed E-state index contributed by atoms with van der Waals surface area (Å²) >= 11 is 0. The van der Waals surface area contributed by atoms with Gasteiger partial charge in [0.15, 0.2) is 21.8 Å². The lowest BCUT2D eigenvalue weighted by Crippen LogP contribution is -2.08. The fourth-order valence-corrected chi connectivity index (χ4v) is 1.99. The van der Waals surface area contributed by atoms with Gasteiger partial charge in [-0.3, -0.25) is 0 Å². The zero-order valence-corrected chi connectivity index (χ0v) is 9.11. The van der Waals surface area contributed by atoms with Crippen LogP contribution in [0.15, 0.2) is 23.1 Å². The van der Waals surface area contributed by atoms with Gasteiger partial charge in [0.05, 0.1) is 4.91 Å². The second-order valence-electron chi connectivity index (χ2n) is 2.91. The Morgan fingerprint density at radius 3 is 2.47 bits per heavy atom. The maximum Gasteiger partial charge on any atom is 0.357 e. The molecule has 0 bridgehead atoms. The average molecular weight is 231 g/mol. The molecule has 0 heterocycles. The summed E-state index contributed by atoms with van der Waals surface area (Å²) in [6, 6.07) is 4.18. The van der Waals surface area contributed by atoms with Crippen molar-refractivity contribution in [1.29, 1.82) is 0 Å². The molecule has 1 aromatic carbocycles. The van der Waals surface area contributed by atoms with Crippen molar-refractivity contribution in [3.8, 4) is 0 Å². The second kappa shape index (κ2) is 3.85. The van der Waals surface area contributed by atoms with Crippen LogP contribution in [0.3, 0.4) is 0 Å². The van der Waals surface area contributed by atoms with Gasteiger partial charge in [-0.05, 0) is 12.1 Å². The number of para-hydroxylation sites is 1. The van der Waals surface area contributed by atoms with E-state index in [1.807, 2.05) is 0 Å². The molecule has 82 valence electrons. The first-order valence-electron chi connectivity index (χ1n) is 3.98. The summed E-state index contributed by atoms with van der Waals surface area (Å²) in [5, 5.41) is 0. The van der Waals surface area contributed by atoms with Gasteiger partial charge in [-0.2, -0.15) is 0 Å². The number of hydrogen-bond acceptors (Lipinski definition) is 5. The molecular formula is C8H11N2O4S+. The van der Waals surface area contributed by atoms with Gasteiger partial charge in [-0.1, -0.05) is 6.07 Å². The SMILES string of the molecule is CO[N+](=O)c1c(N)cccc1S(C)(=O)=O. The summed E-state index contributed by atoms with van der Waals surface area (Å²) in [5.74, 6) is 0. The molecule has 6 nitrogen and oxygen atoms in total. The maximum absolute atomic E-state index is 11.3. The molecule has 0 spiro atoms. The van der Waals surface area contributed by atoms with Crippen molar-refractivity contribution >= 4 is 21.2 Å². The van der Waals surface area contributed by atoms with Gasteiger partial charge in [-0.15, -0.1) is 0 Å². The number of anilines is 1. The number of rotatable bonds is 3. The van der Waals surface area contributed by atoms with Crippen LogP contribution in [-0.4, -0.2) is 26.7 Å². The van der Waals surface area contributed by atoms with Crippen LogP contribution in [-0.2, 0) is 14.7 Å². The normalized spacial score (nSPS) is 11.1. The summed E-state index contributed by atoms with van der Waals surface area (Å²) in [4.78, 5) is 15.6. The van der Waals surface area contributed by atoms with Gasteiger partial charge in [0.25, 0.3) is 4.92 Å². The Balaban J connectivity index is 3.54. The monoisotopic (exact) mass is 231 g/mol. The largest absolute Gasteiger partial charge is 0.393 e. The highest BCUT2D eigenvalue weighted by Crippen LogP contribution is 2.29. The van der Waals surface area contributed by atoms with Crippen molar-refractivity contribution in [3.05, 3.63) is 23.1 Å². The Labute approximate surface area is 87.1 Å². The molecule has 0 unspecified atom stereocenters. The summed E-state index contributed by atoms with van der Waals surface area (Å²) in [5.41, 5.74) is 5.37. The minimum atomic E-state index is -3.51. The molecule has 7 heteroatoms. The van der Waals surface area contributed by atoms with Gasteiger partial charge in [0.2, 0.25) is 0 Å². The average Bonchev–Trinajstić information content (AvgIpc) is 2.15. The van der Waals surface area contributed by atoms with Crippen LogP contribution < -0.4 is 5.73 Å². The fraction of sp³-hybridized carbons (Fsp3) is 0.250. The van der Waals surface area contributed by atoms with Crippen LogP contribution in [0.25, 0.3) is 0 Å². The summed E-state index contributed by atoms with van der Waals surface area (Å²) in [7, 11) is -2.38. The molecule has 0 amide bonds. The summed E-state index contributed by atoms with van der Waals surface area (Å²) in [6.45, 7) is 0. The highest BCUT2D eigenvalue weighted by Gasteiger charge is 2.29. The molecule has 0 aromatic heterocycles. The predicted molar refractivity (Wildman–Crippen MR) is 54.3 cm³/mol. The van der Waals surface area contributed by atoms with Crippen LogP contribution in [0.2, 0.25) is 0 Å². The Hall–Kier alpha value is -1.63.